The molecule has 0 N–H and O–H groups in total. The van der Waals surface area contributed by atoms with Crippen LogP contribution in [0, 0.1) is 0 Å². The molecule has 0 bridgehead atoms. The highest BCUT2D eigenvalue weighted by Gasteiger charge is 2.21. The highest BCUT2D eigenvalue weighted by Crippen LogP contribution is 2.43. The van der Waals surface area contributed by atoms with E-state index in [1.165, 1.54) is 32.3 Å². The van der Waals surface area contributed by atoms with Crippen molar-refractivity contribution < 1.29 is 4.42 Å². The van der Waals surface area contributed by atoms with Crippen molar-refractivity contribution >= 4 is 54.3 Å². The zero-order chi connectivity index (χ0) is 32.3. The zero-order valence-electron chi connectivity index (χ0n) is 26.3. The summed E-state index contributed by atoms with van der Waals surface area (Å²) in [4.78, 5) is 15.1. The molecule has 0 saturated heterocycles. The second kappa shape index (κ2) is 11.0. The van der Waals surface area contributed by atoms with Gasteiger partial charge in [0.15, 0.2) is 17.5 Å². The first-order valence-electron chi connectivity index (χ1n) is 16.4. The Bertz CT molecular complexity index is 2810. The van der Waals surface area contributed by atoms with E-state index in [1.807, 2.05) is 72.8 Å². The van der Waals surface area contributed by atoms with Gasteiger partial charge < -0.3 is 4.42 Å². The quantitative estimate of drug-likeness (QED) is 0.183. The van der Waals surface area contributed by atoms with Crippen LogP contribution in [-0.2, 0) is 0 Å². The molecule has 0 aliphatic carbocycles. The fourth-order valence-electron chi connectivity index (χ4n) is 7.16. The molecular formula is C45H27N3O. The Kier molecular flexibility index (Phi) is 6.15. The monoisotopic (exact) mass is 625 g/mol. The van der Waals surface area contributed by atoms with Gasteiger partial charge in [-0.05, 0) is 62.1 Å². The molecule has 0 atom stereocenters. The third-order valence-corrected chi connectivity index (χ3v) is 9.50. The lowest BCUT2D eigenvalue weighted by atomic mass is 9.92. The number of aromatic nitrogens is 3. The van der Waals surface area contributed by atoms with E-state index in [0.717, 1.165) is 49.8 Å². The standard InChI is InChI=1S/C45H27N3O/c1-3-12-31(13-4-1)43-46-44(32-14-5-2-6-15-32)48-45(47-43)37-26-25-35(42-41(37)36-17-9-10-18-39(36)49-42)33-24-21-29-20-23-30-22-19-28-11-7-8-16-34(28)40(30)38(29)27-33/h1-27H. The molecule has 4 heteroatoms. The summed E-state index contributed by atoms with van der Waals surface area (Å²) in [5, 5.41) is 9.42. The Morgan fingerprint density at radius 2 is 0.898 bits per heavy atom. The fraction of sp³-hybridized carbons (Fsp3) is 0. The topological polar surface area (TPSA) is 51.8 Å². The maximum absolute atomic E-state index is 6.73. The molecule has 2 aromatic heterocycles. The average molecular weight is 626 g/mol. The normalized spacial score (nSPS) is 11.7. The van der Waals surface area contributed by atoms with Gasteiger partial charge in [-0.1, -0.05) is 140 Å². The van der Waals surface area contributed by atoms with Gasteiger partial charge in [0.05, 0.1) is 0 Å². The van der Waals surface area contributed by atoms with E-state index in [1.54, 1.807) is 0 Å². The summed E-state index contributed by atoms with van der Waals surface area (Å²) in [5.74, 6) is 1.86. The predicted octanol–water partition coefficient (Wildman–Crippen LogP) is 11.9. The van der Waals surface area contributed by atoms with Crippen molar-refractivity contribution in [2.45, 2.75) is 0 Å². The summed E-state index contributed by atoms with van der Waals surface area (Å²) in [6.07, 6.45) is 0. The highest BCUT2D eigenvalue weighted by molar-refractivity contribution is 6.21. The van der Waals surface area contributed by atoms with Crippen LogP contribution in [0.2, 0.25) is 0 Å². The summed E-state index contributed by atoms with van der Waals surface area (Å²) in [6, 6.07) is 56.9. The molecule has 0 fully saturated rings. The van der Waals surface area contributed by atoms with Gasteiger partial charge in [-0.15, -0.1) is 0 Å². The molecule has 8 aromatic carbocycles. The van der Waals surface area contributed by atoms with Crippen LogP contribution in [-0.4, -0.2) is 15.0 Å². The Morgan fingerprint density at radius 3 is 1.63 bits per heavy atom. The molecule has 0 unspecified atom stereocenters. The van der Waals surface area contributed by atoms with Crippen molar-refractivity contribution in [3.8, 4) is 45.3 Å². The maximum atomic E-state index is 6.73. The first-order valence-corrected chi connectivity index (χ1v) is 16.4. The summed E-state index contributed by atoms with van der Waals surface area (Å²) in [6.45, 7) is 0. The van der Waals surface area contributed by atoms with E-state index < -0.39 is 0 Å². The van der Waals surface area contributed by atoms with Crippen molar-refractivity contribution in [2.75, 3.05) is 0 Å². The number of furan rings is 1. The number of hydrogen-bond acceptors (Lipinski definition) is 4. The molecule has 228 valence electrons. The van der Waals surface area contributed by atoms with Crippen LogP contribution in [0.3, 0.4) is 0 Å². The molecule has 2 heterocycles. The highest BCUT2D eigenvalue weighted by atomic mass is 16.3. The molecule has 0 spiro atoms. The average Bonchev–Trinajstić information content (AvgIpc) is 3.57. The van der Waals surface area contributed by atoms with Crippen LogP contribution < -0.4 is 0 Å². The van der Waals surface area contributed by atoms with Crippen LogP contribution in [0.15, 0.2) is 168 Å². The number of benzene rings is 8. The molecule has 0 radical (unpaired) electrons. The van der Waals surface area contributed by atoms with E-state index in [4.69, 9.17) is 19.4 Å². The van der Waals surface area contributed by atoms with Gasteiger partial charge in [0.25, 0.3) is 0 Å². The largest absolute Gasteiger partial charge is 0.455 e. The second-order valence-electron chi connectivity index (χ2n) is 12.4. The van der Waals surface area contributed by atoms with Crippen molar-refractivity contribution in [2.24, 2.45) is 0 Å². The first kappa shape index (κ1) is 27.5. The minimum Gasteiger partial charge on any atom is -0.455 e. The Hall–Kier alpha value is -6.65. The fourth-order valence-corrected chi connectivity index (χ4v) is 7.16. The van der Waals surface area contributed by atoms with Crippen LogP contribution in [0.4, 0.5) is 0 Å². The second-order valence-corrected chi connectivity index (χ2v) is 12.4. The number of nitrogens with zero attached hydrogens (tertiary/aromatic N) is 3. The Morgan fingerprint density at radius 1 is 0.347 bits per heavy atom. The van der Waals surface area contributed by atoms with E-state index in [0.29, 0.717) is 17.5 Å². The van der Waals surface area contributed by atoms with E-state index >= 15 is 0 Å². The molecule has 4 nitrogen and oxygen atoms in total. The molecule has 0 amide bonds. The lowest BCUT2D eigenvalue weighted by Gasteiger charge is -2.12. The van der Waals surface area contributed by atoms with Crippen molar-refractivity contribution in [3.63, 3.8) is 0 Å². The van der Waals surface area contributed by atoms with Crippen LogP contribution >= 0.6 is 0 Å². The number of fused-ring (bicyclic) bond motifs is 8. The van der Waals surface area contributed by atoms with E-state index in [-0.39, 0.29) is 0 Å². The molecule has 0 saturated carbocycles. The molecular weight excluding hydrogens is 599 g/mol. The van der Waals surface area contributed by atoms with Gasteiger partial charge >= 0.3 is 0 Å². The van der Waals surface area contributed by atoms with Gasteiger partial charge in [0.2, 0.25) is 0 Å². The number of hydrogen-bond donors (Lipinski definition) is 0. The molecule has 0 aliphatic heterocycles. The molecule has 49 heavy (non-hydrogen) atoms. The van der Waals surface area contributed by atoms with Crippen molar-refractivity contribution in [1.29, 1.82) is 0 Å². The summed E-state index contributed by atoms with van der Waals surface area (Å²) < 4.78 is 6.73. The SMILES string of the molecule is c1ccc(-c2nc(-c3ccccc3)nc(-c3ccc(-c4ccc5ccc6ccc7ccccc7c6c5c4)c4oc5ccccc5c34)n2)cc1. The van der Waals surface area contributed by atoms with Crippen LogP contribution in [0.25, 0.3) is 99.5 Å². The van der Waals surface area contributed by atoms with Gasteiger partial charge in [0.1, 0.15) is 11.2 Å². The van der Waals surface area contributed by atoms with Gasteiger partial charge in [-0.3, -0.25) is 0 Å². The van der Waals surface area contributed by atoms with Gasteiger partial charge in [-0.2, -0.15) is 0 Å². The summed E-state index contributed by atoms with van der Waals surface area (Å²) in [7, 11) is 0. The van der Waals surface area contributed by atoms with Crippen molar-refractivity contribution in [1.82, 2.24) is 15.0 Å². The minimum atomic E-state index is 0.604. The summed E-state index contributed by atoms with van der Waals surface area (Å²) in [5.41, 5.74) is 6.52. The summed E-state index contributed by atoms with van der Waals surface area (Å²) >= 11 is 0. The maximum Gasteiger partial charge on any atom is 0.164 e. The Balaban J connectivity index is 1.24. The van der Waals surface area contributed by atoms with Crippen LogP contribution in [0.1, 0.15) is 0 Å². The van der Waals surface area contributed by atoms with Crippen molar-refractivity contribution in [3.05, 3.63) is 164 Å². The van der Waals surface area contributed by atoms with Gasteiger partial charge in [0, 0.05) is 33.0 Å². The zero-order valence-corrected chi connectivity index (χ0v) is 26.3. The van der Waals surface area contributed by atoms with E-state index in [2.05, 4.69) is 91.0 Å². The molecule has 0 aliphatic rings. The smallest absolute Gasteiger partial charge is 0.164 e. The third kappa shape index (κ3) is 4.49. The van der Waals surface area contributed by atoms with Gasteiger partial charge in [-0.25, -0.2) is 15.0 Å². The predicted molar refractivity (Wildman–Crippen MR) is 201 cm³/mol. The molecule has 10 aromatic rings. The Labute approximate surface area is 282 Å². The van der Waals surface area contributed by atoms with Crippen LogP contribution in [0.5, 0.6) is 0 Å². The lowest BCUT2D eigenvalue weighted by Crippen LogP contribution is -2.00. The third-order valence-electron chi connectivity index (χ3n) is 9.50. The first-order chi connectivity index (χ1) is 24.3. The lowest BCUT2D eigenvalue weighted by molar-refractivity contribution is 0.670. The molecule has 10 rings (SSSR count). The minimum absolute atomic E-state index is 0.604. The van der Waals surface area contributed by atoms with E-state index in [9.17, 15) is 0 Å². The number of rotatable bonds is 4. The number of para-hydroxylation sites is 1.